The minimum absolute atomic E-state index is 0.230. The number of H-pyrrole nitrogens is 1. The Balaban J connectivity index is 1.54. The summed E-state index contributed by atoms with van der Waals surface area (Å²) < 4.78 is 8.29. The topological polar surface area (TPSA) is 100 Å². The van der Waals surface area contributed by atoms with E-state index in [9.17, 15) is 5.11 Å². The second-order valence-electron chi connectivity index (χ2n) is 10.0. The van der Waals surface area contributed by atoms with Crippen LogP contribution in [-0.2, 0) is 0 Å². The second kappa shape index (κ2) is 7.58. The van der Waals surface area contributed by atoms with Gasteiger partial charge in [0.05, 0.1) is 11.0 Å². The van der Waals surface area contributed by atoms with Crippen LogP contribution in [0.2, 0.25) is 0 Å². The number of aromatic nitrogens is 5. The number of nitrogens with one attached hydrogen (secondary N) is 2. The second-order valence-corrected chi connectivity index (χ2v) is 10.0. The fourth-order valence-corrected chi connectivity index (χ4v) is 4.30. The van der Waals surface area contributed by atoms with Gasteiger partial charge in [0.2, 0.25) is 11.8 Å². The Morgan fingerprint density at radius 2 is 2.03 bits per heavy atom. The average molecular weight is 428 g/mol. The van der Waals surface area contributed by atoms with Gasteiger partial charge in [-0.25, -0.2) is 4.98 Å². The molecule has 0 atom stereocenters. The first-order chi connectivity index (χ1) is 15.2. The van der Waals surface area contributed by atoms with Gasteiger partial charge in [-0.15, -0.1) is 0 Å². The Hall–Kier alpha value is -2.94. The number of imidazole rings is 1. The molecule has 1 fully saturated rings. The molecule has 1 aliphatic carbocycles. The fraction of sp³-hybridized carbons (Fsp3) is 0.381. The molecule has 162 valence electrons. The van der Waals surface area contributed by atoms with Crippen molar-refractivity contribution in [2.45, 2.75) is 49.5 Å². The van der Waals surface area contributed by atoms with E-state index in [0.717, 1.165) is 53.5 Å². The molecular weight excluding hydrogens is 401 g/mol. The number of hydrogen-bond donors (Lipinski definition) is 3. The van der Waals surface area contributed by atoms with Gasteiger partial charge in [-0.3, -0.25) is 0 Å². The summed E-state index contributed by atoms with van der Waals surface area (Å²) in [7, 11) is 6.05. The summed E-state index contributed by atoms with van der Waals surface area (Å²) in [5.41, 5.74) is 3.06. The van der Waals surface area contributed by atoms with Gasteiger partial charge in [0.1, 0.15) is 34.8 Å². The van der Waals surface area contributed by atoms with Crippen LogP contribution in [-0.4, -0.2) is 69.9 Å². The summed E-state index contributed by atoms with van der Waals surface area (Å²) in [5, 5.41) is 14.2. The number of aromatic amines is 1. The molecule has 0 amide bonds. The first-order valence-corrected chi connectivity index (χ1v) is 11.2. The maximum absolute atomic E-state index is 10.2. The summed E-state index contributed by atoms with van der Waals surface area (Å²) in [5.74, 6) is 1.09. The monoisotopic (exact) mass is 428 g/mol. The van der Waals surface area contributed by atoms with Gasteiger partial charge >= 0.3 is 0 Å². The highest BCUT2D eigenvalue weighted by atomic mass is 16.5. The van der Waals surface area contributed by atoms with Gasteiger partial charge in [-0.1, -0.05) is 0 Å². The molecule has 1 saturated carbocycles. The molecule has 0 saturated heterocycles. The van der Waals surface area contributed by atoms with Crippen molar-refractivity contribution in [1.82, 2.24) is 24.3 Å². The van der Waals surface area contributed by atoms with E-state index in [2.05, 4.69) is 15.3 Å². The van der Waals surface area contributed by atoms with Crippen molar-refractivity contribution in [3.05, 3.63) is 36.9 Å². The number of fused-ring (bicyclic) bond motifs is 2. The largest absolute Gasteiger partial charge is 0.498 e. The minimum Gasteiger partial charge on any atom is -0.498 e. The molecule has 8 nitrogen and oxygen atoms in total. The molecule has 5 rings (SSSR count). The van der Waals surface area contributed by atoms with Crippen LogP contribution in [0.4, 0.5) is 5.95 Å². The van der Waals surface area contributed by atoms with Crippen LogP contribution in [0.25, 0.3) is 27.8 Å². The predicted molar refractivity (Wildman–Crippen MR) is 134 cm³/mol. The molecule has 0 aliphatic heterocycles. The lowest BCUT2D eigenvalue weighted by Crippen LogP contribution is -2.38. The summed E-state index contributed by atoms with van der Waals surface area (Å²) in [6.07, 6.45) is 11.0. The van der Waals surface area contributed by atoms with E-state index in [1.807, 2.05) is 65.6 Å². The molecular formula is C21H27B3N6O2. The van der Waals surface area contributed by atoms with Crippen molar-refractivity contribution in [2.75, 3.05) is 5.32 Å². The molecule has 32 heavy (non-hydrogen) atoms. The number of nitrogens with zero attached hydrogens (tertiary/aromatic N) is 4. The molecule has 4 heterocycles. The molecule has 0 spiro atoms. The summed E-state index contributed by atoms with van der Waals surface area (Å²) in [6.45, 7) is 1.91. The summed E-state index contributed by atoms with van der Waals surface area (Å²) in [6, 6.07) is 4.27. The van der Waals surface area contributed by atoms with E-state index in [0.29, 0.717) is 11.8 Å². The standard InChI is InChI=1S/C21H27B3N6O2/c1-20(31)6-4-13(5-7-20)27-19-28-17-16(18(29-19)32-21(22,23)24)14(10-26-17)12-2-3-15-25-8-9-30(15)11-12/h2-3,8-11,13,31H,4-7,22-24H2,1H3,(H2,26,27,28,29)/t13-,20+. The normalized spacial score (nSPS) is 21.8. The molecule has 0 bridgehead atoms. The number of hydrogen-bond acceptors (Lipinski definition) is 6. The van der Waals surface area contributed by atoms with Crippen LogP contribution in [0.1, 0.15) is 32.6 Å². The number of pyridine rings is 1. The zero-order valence-electron chi connectivity index (χ0n) is 19.0. The summed E-state index contributed by atoms with van der Waals surface area (Å²) >= 11 is 0. The molecule has 4 aromatic heterocycles. The maximum Gasteiger partial charge on any atom is 0.228 e. The van der Waals surface area contributed by atoms with Gasteiger partial charge in [-0.2, -0.15) is 9.97 Å². The van der Waals surface area contributed by atoms with Crippen molar-refractivity contribution >= 4 is 46.2 Å². The Morgan fingerprint density at radius 3 is 2.78 bits per heavy atom. The maximum atomic E-state index is 10.2. The van der Waals surface area contributed by atoms with Gasteiger partial charge in [0, 0.05) is 47.3 Å². The number of anilines is 1. The first-order valence-electron chi connectivity index (χ1n) is 11.2. The van der Waals surface area contributed by atoms with Crippen molar-refractivity contribution in [2.24, 2.45) is 0 Å². The zero-order chi connectivity index (χ0) is 22.5. The number of aliphatic hydroxyl groups is 1. The van der Waals surface area contributed by atoms with Crippen molar-refractivity contribution in [1.29, 1.82) is 0 Å². The van der Waals surface area contributed by atoms with Crippen molar-refractivity contribution in [3.63, 3.8) is 0 Å². The van der Waals surface area contributed by atoms with Gasteiger partial charge < -0.3 is 24.5 Å². The Morgan fingerprint density at radius 1 is 1.25 bits per heavy atom. The van der Waals surface area contributed by atoms with Crippen molar-refractivity contribution in [3.8, 4) is 17.0 Å². The van der Waals surface area contributed by atoms with E-state index >= 15 is 0 Å². The Kier molecular flexibility index (Phi) is 4.96. The number of ether oxygens (including phenoxy) is 1. The molecule has 0 unspecified atom stereocenters. The lowest BCUT2D eigenvalue weighted by molar-refractivity contribution is 0.0195. The number of rotatable bonds is 5. The van der Waals surface area contributed by atoms with Gasteiger partial charge in [0.25, 0.3) is 0 Å². The first kappa shape index (κ1) is 20.9. The van der Waals surface area contributed by atoms with E-state index in [-0.39, 0.29) is 6.04 Å². The third-order valence-corrected chi connectivity index (χ3v) is 6.00. The Bertz CT molecular complexity index is 1270. The molecule has 4 aromatic rings. The highest BCUT2D eigenvalue weighted by molar-refractivity contribution is 6.58. The lowest BCUT2D eigenvalue weighted by atomic mass is 9.52. The third kappa shape index (κ3) is 4.21. The predicted octanol–water partition coefficient (Wildman–Crippen LogP) is 0.267. The molecule has 1 aliphatic rings. The van der Waals surface area contributed by atoms with Crippen molar-refractivity contribution < 1.29 is 9.84 Å². The Labute approximate surface area is 189 Å². The van der Waals surface area contributed by atoms with Crippen LogP contribution in [0.15, 0.2) is 36.9 Å². The van der Waals surface area contributed by atoms with E-state index in [4.69, 9.17) is 14.7 Å². The fourth-order valence-electron chi connectivity index (χ4n) is 4.30. The highest BCUT2D eigenvalue weighted by Crippen LogP contribution is 2.36. The quantitative estimate of drug-likeness (QED) is 0.395. The highest BCUT2D eigenvalue weighted by Gasteiger charge is 2.29. The summed E-state index contributed by atoms with van der Waals surface area (Å²) in [4.78, 5) is 17.2. The lowest BCUT2D eigenvalue weighted by Gasteiger charge is -2.33. The smallest absolute Gasteiger partial charge is 0.228 e. The van der Waals surface area contributed by atoms with Gasteiger partial charge in [0.15, 0.2) is 0 Å². The zero-order valence-corrected chi connectivity index (χ0v) is 19.0. The van der Waals surface area contributed by atoms with Crippen LogP contribution >= 0.6 is 0 Å². The molecule has 3 N–H and O–H groups in total. The molecule has 0 aromatic carbocycles. The van der Waals surface area contributed by atoms with Crippen LogP contribution in [0.5, 0.6) is 5.88 Å². The molecule has 0 radical (unpaired) electrons. The minimum atomic E-state index is -0.575. The van der Waals surface area contributed by atoms with Gasteiger partial charge in [-0.05, 0) is 44.7 Å². The van der Waals surface area contributed by atoms with E-state index in [1.54, 1.807) is 6.20 Å². The SMILES string of the molecule is BC(B)(B)Oc1nc(N[C@H]2CC[C@@](C)(O)CC2)nc2[nH]cc(-c3ccc4nccn4c3)c12. The van der Waals surface area contributed by atoms with E-state index in [1.165, 1.54) is 0 Å². The third-order valence-electron chi connectivity index (χ3n) is 6.00. The van der Waals surface area contributed by atoms with Crippen LogP contribution in [0.3, 0.4) is 0 Å². The average Bonchev–Trinajstić information content (AvgIpc) is 3.34. The molecule has 11 heteroatoms. The van der Waals surface area contributed by atoms with Crippen LogP contribution in [0, 0.1) is 0 Å². The van der Waals surface area contributed by atoms with Crippen LogP contribution < -0.4 is 10.1 Å². The van der Waals surface area contributed by atoms with E-state index < -0.39 is 10.9 Å².